The minimum atomic E-state index is -0.870. The fourth-order valence-electron chi connectivity index (χ4n) is 6.08. The summed E-state index contributed by atoms with van der Waals surface area (Å²) in [5.41, 5.74) is 4.76. The third kappa shape index (κ3) is 4.48. The molecule has 6 rings (SSSR count). The highest BCUT2D eigenvalue weighted by Crippen LogP contribution is 2.40. The van der Waals surface area contributed by atoms with Crippen LogP contribution in [-0.2, 0) is 16.1 Å². The van der Waals surface area contributed by atoms with E-state index in [4.69, 9.17) is 9.47 Å². The Balaban J connectivity index is 1.11. The molecule has 1 aromatic heterocycles. The van der Waals surface area contributed by atoms with Gasteiger partial charge in [0.25, 0.3) is 5.91 Å². The number of anilines is 2. The maximum atomic E-state index is 13.1. The molecule has 0 radical (unpaired) electrons. The molecule has 1 aromatic carbocycles. The van der Waals surface area contributed by atoms with E-state index in [0.717, 1.165) is 74.8 Å². The summed E-state index contributed by atoms with van der Waals surface area (Å²) in [5.74, 6) is 1.27. The van der Waals surface area contributed by atoms with Crippen molar-refractivity contribution in [3.8, 4) is 5.75 Å². The van der Waals surface area contributed by atoms with Gasteiger partial charge in [0, 0.05) is 44.1 Å². The average molecular weight is 493 g/mol. The lowest BCUT2D eigenvalue weighted by atomic mass is 9.88. The largest absolute Gasteiger partial charge is 0.487 e. The van der Waals surface area contributed by atoms with Gasteiger partial charge in [-0.1, -0.05) is 12.6 Å². The minimum Gasteiger partial charge on any atom is -0.487 e. The lowest BCUT2D eigenvalue weighted by molar-refractivity contribution is -0.136. The van der Waals surface area contributed by atoms with E-state index in [2.05, 4.69) is 46.0 Å². The van der Waals surface area contributed by atoms with Crippen molar-refractivity contribution >= 4 is 17.4 Å². The van der Waals surface area contributed by atoms with E-state index in [9.17, 15) is 9.18 Å². The fourth-order valence-corrected chi connectivity index (χ4v) is 6.08. The van der Waals surface area contributed by atoms with Crippen molar-refractivity contribution in [2.45, 2.75) is 50.2 Å². The Kier molecular flexibility index (Phi) is 6.39. The summed E-state index contributed by atoms with van der Waals surface area (Å²) >= 11 is 0. The predicted octanol–water partition coefficient (Wildman–Crippen LogP) is 4.49. The van der Waals surface area contributed by atoms with Gasteiger partial charge in [0.1, 0.15) is 18.2 Å². The van der Waals surface area contributed by atoms with Crippen LogP contribution in [0.4, 0.5) is 15.9 Å². The van der Waals surface area contributed by atoms with Crippen molar-refractivity contribution in [2.75, 3.05) is 44.7 Å². The van der Waals surface area contributed by atoms with Crippen molar-refractivity contribution in [1.82, 2.24) is 14.8 Å². The zero-order chi connectivity index (χ0) is 24.6. The van der Waals surface area contributed by atoms with Gasteiger partial charge in [-0.25, -0.2) is 9.37 Å². The zero-order valence-electron chi connectivity index (χ0n) is 20.5. The van der Waals surface area contributed by atoms with E-state index in [0.29, 0.717) is 37.6 Å². The van der Waals surface area contributed by atoms with Crippen LogP contribution in [0.5, 0.6) is 5.75 Å². The summed E-state index contributed by atoms with van der Waals surface area (Å²) in [6, 6.07) is 8.97. The predicted molar refractivity (Wildman–Crippen MR) is 135 cm³/mol. The Morgan fingerprint density at radius 2 is 1.86 bits per heavy atom. The number of nitrogens with zero attached hydrogens (tertiary/aromatic N) is 3. The number of halogens is 1. The van der Waals surface area contributed by atoms with Crippen LogP contribution >= 0.6 is 0 Å². The Hall–Kier alpha value is -2.97. The van der Waals surface area contributed by atoms with Gasteiger partial charge in [0.2, 0.25) is 0 Å². The number of nitrogens with one attached hydrogen (secondary N) is 1. The molecule has 3 saturated heterocycles. The van der Waals surface area contributed by atoms with E-state index < -0.39 is 11.7 Å². The Bertz CT molecular complexity index is 1150. The molecule has 8 heteroatoms. The monoisotopic (exact) mass is 492 g/mol. The molecule has 0 unspecified atom stereocenters. The molecule has 0 saturated carbocycles. The first kappa shape index (κ1) is 23.4. The number of pyridine rings is 1. The molecule has 2 aromatic rings. The van der Waals surface area contributed by atoms with Gasteiger partial charge in [-0.15, -0.1) is 0 Å². The molecule has 0 atom stereocenters. The van der Waals surface area contributed by atoms with Crippen LogP contribution in [0.1, 0.15) is 54.2 Å². The van der Waals surface area contributed by atoms with Gasteiger partial charge < -0.3 is 19.7 Å². The molecule has 4 aliphatic heterocycles. The number of aromatic nitrogens is 1. The van der Waals surface area contributed by atoms with Gasteiger partial charge in [0.05, 0.1) is 5.69 Å². The second kappa shape index (κ2) is 9.82. The van der Waals surface area contributed by atoms with Gasteiger partial charge in [-0.2, -0.15) is 0 Å². The second-order valence-corrected chi connectivity index (χ2v) is 10.4. The first-order valence-corrected chi connectivity index (χ1v) is 13.0. The van der Waals surface area contributed by atoms with E-state index >= 15 is 0 Å². The molecule has 0 spiro atoms. The lowest BCUT2D eigenvalue weighted by Gasteiger charge is -2.47. The molecular formula is C28H33FN4O3. The number of fused-ring (bicyclic) bond motifs is 2. The van der Waals surface area contributed by atoms with E-state index in [1.54, 1.807) is 0 Å². The van der Waals surface area contributed by atoms with Crippen molar-refractivity contribution in [3.63, 3.8) is 0 Å². The van der Waals surface area contributed by atoms with Crippen LogP contribution < -0.4 is 10.1 Å². The standard InChI is InChI=1S/C28H33FN4O3/c1-18(29)28(34)33-15-22(16-33)32-10-5-19(6-11-32)21-2-3-26-25(14-21)31-27-24(17-36-26)23(4-9-30-27)20-7-12-35-13-8-20/h2-4,9,14,19-20,22H,1,5-8,10-13,15-17H2,(H,30,31). The Morgan fingerprint density at radius 1 is 1.08 bits per heavy atom. The maximum Gasteiger partial charge on any atom is 0.282 e. The number of rotatable bonds is 4. The Morgan fingerprint density at radius 3 is 2.61 bits per heavy atom. The molecule has 190 valence electrons. The van der Waals surface area contributed by atoms with Gasteiger partial charge >= 0.3 is 0 Å². The zero-order valence-corrected chi connectivity index (χ0v) is 20.5. The van der Waals surface area contributed by atoms with Crippen molar-refractivity contribution in [1.29, 1.82) is 0 Å². The van der Waals surface area contributed by atoms with Crippen LogP contribution in [-0.4, -0.2) is 66.1 Å². The number of benzene rings is 1. The summed E-state index contributed by atoms with van der Waals surface area (Å²) in [4.78, 5) is 20.4. The smallest absolute Gasteiger partial charge is 0.282 e. The van der Waals surface area contributed by atoms with Crippen molar-refractivity contribution in [2.24, 2.45) is 0 Å². The Labute approximate surface area is 211 Å². The third-order valence-electron chi connectivity index (χ3n) is 8.28. The van der Waals surface area contributed by atoms with Crippen LogP contribution in [0.25, 0.3) is 0 Å². The third-order valence-corrected chi connectivity index (χ3v) is 8.28. The van der Waals surface area contributed by atoms with Crippen LogP contribution in [0.2, 0.25) is 0 Å². The van der Waals surface area contributed by atoms with Gasteiger partial charge in [-0.3, -0.25) is 9.69 Å². The van der Waals surface area contributed by atoms with Crippen molar-refractivity contribution < 1.29 is 18.7 Å². The number of likely N-dealkylation sites (tertiary alicyclic amines) is 2. The van der Waals surface area contributed by atoms with Crippen LogP contribution in [0.15, 0.2) is 42.9 Å². The number of hydrogen-bond acceptors (Lipinski definition) is 6. The number of amides is 1. The van der Waals surface area contributed by atoms with Crippen LogP contribution in [0.3, 0.4) is 0 Å². The SMILES string of the molecule is C=C(F)C(=O)N1CC(N2CCC(c3ccc4c(c3)Nc3nccc(C5CCOCC5)c3CO4)CC2)C1. The number of piperidine rings is 1. The second-order valence-electron chi connectivity index (χ2n) is 10.4. The summed E-state index contributed by atoms with van der Waals surface area (Å²) in [6.07, 6.45) is 6.09. The molecule has 5 heterocycles. The molecule has 1 amide bonds. The molecule has 3 fully saturated rings. The molecule has 4 aliphatic rings. The maximum absolute atomic E-state index is 13.1. The number of hydrogen-bond donors (Lipinski definition) is 1. The quantitative estimate of drug-likeness (QED) is 0.635. The van der Waals surface area contributed by atoms with Gasteiger partial charge in [0.15, 0.2) is 5.83 Å². The van der Waals surface area contributed by atoms with Gasteiger partial charge in [-0.05, 0) is 79.9 Å². The summed E-state index contributed by atoms with van der Waals surface area (Å²) in [5, 5.41) is 3.58. The highest BCUT2D eigenvalue weighted by molar-refractivity contribution is 5.91. The lowest BCUT2D eigenvalue weighted by Crippen LogP contribution is -2.62. The molecule has 0 aliphatic carbocycles. The van der Waals surface area contributed by atoms with E-state index in [-0.39, 0.29) is 0 Å². The molecule has 0 bridgehead atoms. The normalized spacial score (nSPS) is 21.4. The topological polar surface area (TPSA) is 66.9 Å². The molecule has 36 heavy (non-hydrogen) atoms. The number of carbonyl (C=O) groups excluding carboxylic acids is 1. The van der Waals surface area contributed by atoms with Crippen molar-refractivity contribution in [3.05, 3.63) is 59.6 Å². The average Bonchev–Trinajstić information content (AvgIpc) is 3.07. The highest BCUT2D eigenvalue weighted by atomic mass is 19.1. The van der Waals surface area contributed by atoms with E-state index in [1.165, 1.54) is 16.0 Å². The first-order valence-electron chi connectivity index (χ1n) is 13.0. The molecule has 7 nitrogen and oxygen atoms in total. The molecular weight excluding hydrogens is 459 g/mol. The number of carbonyl (C=O) groups is 1. The fraction of sp³-hybridized carbons (Fsp3) is 0.500. The van der Waals surface area contributed by atoms with Crippen LogP contribution in [0, 0.1) is 0 Å². The summed E-state index contributed by atoms with van der Waals surface area (Å²) < 4.78 is 24.9. The first-order chi connectivity index (χ1) is 17.6. The van der Waals surface area contributed by atoms with E-state index in [1.807, 2.05) is 6.20 Å². The summed E-state index contributed by atoms with van der Waals surface area (Å²) in [7, 11) is 0. The highest BCUT2D eigenvalue weighted by Gasteiger charge is 2.37. The number of ether oxygens (including phenoxy) is 2. The molecule has 1 N–H and O–H groups in total. The minimum absolute atomic E-state index is 0.323. The summed E-state index contributed by atoms with van der Waals surface area (Å²) in [6.45, 7) is 8.40.